The molecule has 0 aliphatic carbocycles. The summed E-state index contributed by atoms with van der Waals surface area (Å²) in [7, 11) is 0. The maximum Gasteiger partial charge on any atom is 0.0514 e. The van der Waals surface area contributed by atoms with Crippen LogP contribution in [0.1, 0.15) is 78.4 Å². The Hall–Kier alpha value is -0.860. The molecule has 0 amide bonds. The van der Waals surface area contributed by atoms with E-state index in [1.54, 1.807) is 0 Å². The Balaban J connectivity index is 1.63. The Bertz CT molecular complexity index is 614. The van der Waals surface area contributed by atoms with Crippen molar-refractivity contribution < 1.29 is 5.11 Å². The number of hydrogen-bond acceptors (Lipinski definition) is 2. The molecule has 2 heteroatoms. The monoisotopic (exact) mass is 371 g/mol. The summed E-state index contributed by atoms with van der Waals surface area (Å²) in [6, 6.07) is 10.1. The van der Waals surface area contributed by atoms with Gasteiger partial charge in [0.05, 0.1) is 6.10 Å². The Morgan fingerprint density at radius 3 is 2.44 bits per heavy atom. The summed E-state index contributed by atoms with van der Waals surface area (Å²) < 4.78 is 0. The lowest BCUT2D eigenvalue weighted by Crippen LogP contribution is -2.55. The van der Waals surface area contributed by atoms with Gasteiger partial charge in [-0.3, -0.25) is 4.90 Å². The summed E-state index contributed by atoms with van der Waals surface area (Å²) >= 11 is 0. The van der Waals surface area contributed by atoms with E-state index in [1.165, 1.54) is 49.9 Å². The molecule has 0 spiro atoms. The quantitative estimate of drug-likeness (QED) is 0.763. The predicted octanol–water partition coefficient (Wildman–Crippen LogP) is 5.42. The molecule has 0 bridgehead atoms. The van der Waals surface area contributed by atoms with E-state index in [4.69, 9.17) is 0 Å². The molecular weight excluding hydrogens is 330 g/mol. The molecular formula is C25H41NO. The molecule has 27 heavy (non-hydrogen) atoms. The summed E-state index contributed by atoms with van der Waals surface area (Å²) in [4.78, 5) is 2.77. The van der Waals surface area contributed by atoms with Crippen LogP contribution < -0.4 is 0 Å². The molecule has 1 N–H and O–H groups in total. The topological polar surface area (TPSA) is 23.5 Å². The van der Waals surface area contributed by atoms with Crippen LogP contribution in [0.15, 0.2) is 24.3 Å². The van der Waals surface area contributed by atoms with Gasteiger partial charge in [-0.2, -0.15) is 0 Å². The van der Waals surface area contributed by atoms with E-state index in [9.17, 15) is 5.11 Å². The standard InChI is InChI=1S/C25H41NO/c1-18(27)15-21-12-14-26-17-25(6,13-11-23(26)19(21)2)16-20-7-9-22(10-8-20)24(3,4)5/h7-10,18-19,21,23,27H,11-17H2,1-6H3/t18?,19-,21?,23+,25-/m1/s1. The molecule has 2 unspecified atom stereocenters. The molecule has 152 valence electrons. The fourth-order valence-corrected chi connectivity index (χ4v) is 5.64. The minimum Gasteiger partial charge on any atom is -0.393 e. The molecule has 2 heterocycles. The lowest BCUT2D eigenvalue weighted by atomic mass is 9.68. The van der Waals surface area contributed by atoms with Gasteiger partial charge in [0.1, 0.15) is 0 Å². The molecule has 2 aliphatic rings. The van der Waals surface area contributed by atoms with Gasteiger partial charge in [0, 0.05) is 12.6 Å². The van der Waals surface area contributed by atoms with Crippen LogP contribution in [0, 0.1) is 17.3 Å². The number of nitrogens with zero attached hydrogens (tertiary/aromatic N) is 1. The summed E-state index contributed by atoms with van der Waals surface area (Å²) in [5.74, 6) is 1.41. The van der Waals surface area contributed by atoms with Gasteiger partial charge in [-0.05, 0) is 79.4 Å². The van der Waals surface area contributed by atoms with Gasteiger partial charge >= 0.3 is 0 Å². The first kappa shape index (κ1) is 20.9. The van der Waals surface area contributed by atoms with E-state index in [2.05, 4.69) is 63.8 Å². The average Bonchev–Trinajstić information content (AvgIpc) is 2.56. The van der Waals surface area contributed by atoms with Crippen LogP contribution in [-0.2, 0) is 11.8 Å². The third kappa shape index (κ3) is 4.95. The first-order chi connectivity index (χ1) is 12.6. The van der Waals surface area contributed by atoms with Gasteiger partial charge in [0.2, 0.25) is 0 Å². The van der Waals surface area contributed by atoms with E-state index in [-0.39, 0.29) is 11.5 Å². The minimum absolute atomic E-state index is 0.158. The SMILES string of the molecule is CC(O)CC1CCN2C[C@@](C)(Cc3ccc(C(C)(C)C)cc3)CC[C@H]2[C@@H]1C. The zero-order chi connectivity index (χ0) is 19.8. The van der Waals surface area contributed by atoms with Crippen LogP contribution in [0.3, 0.4) is 0 Å². The highest BCUT2D eigenvalue weighted by molar-refractivity contribution is 5.28. The lowest BCUT2D eigenvalue weighted by Gasteiger charge is -2.52. The van der Waals surface area contributed by atoms with Crippen molar-refractivity contribution in [1.82, 2.24) is 4.90 Å². The highest BCUT2D eigenvalue weighted by Gasteiger charge is 2.42. The molecule has 2 saturated heterocycles. The molecule has 2 nitrogen and oxygen atoms in total. The largest absolute Gasteiger partial charge is 0.393 e. The summed E-state index contributed by atoms with van der Waals surface area (Å²) in [6.45, 7) is 16.2. The highest BCUT2D eigenvalue weighted by atomic mass is 16.3. The van der Waals surface area contributed by atoms with Crippen LogP contribution in [0.5, 0.6) is 0 Å². The second-order valence-electron chi connectivity index (χ2n) is 11.0. The molecule has 0 radical (unpaired) electrons. The van der Waals surface area contributed by atoms with Crippen LogP contribution in [-0.4, -0.2) is 35.2 Å². The molecule has 2 fully saturated rings. The Morgan fingerprint density at radius 1 is 1.19 bits per heavy atom. The van der Waals surface area contributed by atoms with E-state index in [1.807, 2.05) is 6.92 Å². The van der Waals surface area contributed by atoms with Crippen molar-refractivity contribution in [1.29, 1.82) is 0 Å². The first-order valence-corrected chi connectivity index (χ1v) is 11.1. The second kappa shape index (κ2) is 7.87. The van der Waals surface area contributed by atoms with Gasteiger partial charge in [0.25, 0.3) is 0 Å². The normalized spacial score (nSPS) is 33.5. The van der Waals surface area contributed by atoms with Crippen molar-refractivity contribution in [2.45, 2.75) is 91.2 Å². The second-order valence-corrected chi connectivity index (χ2v) is 11.0. The molecule has 5 atom stereocenters. The zero-order valence-corrected chi connectivity index (χ0v) is 18.5. The molecule has 0 aromatic heterocycles. The zero-order valence-electron chi connectivity index (χ0n) is 18.5. The van der Waals surface area contributed by atoms with Gasteiger partial charge in [-0.1, -0.05) is 58.9 Å². The van der Waals surface area contributed by atoms with Crippen LogP contribution >= 0.6 is 0 Å². The molecule has 2 aliphatic heterocycles. The lowest BCUT2D eigenvalue weighted by molar-refractivity contribution is -0.0301. The third-order valence-corrected chi connectivity index (χ3v) is 7.33. The van der Waals surface area contributed by atoms with E-state index >= 15 is 0 Å². The number of aliphatic hydroxyl groups excluding tert-OH is 1. The molecule has 1 aromatic carbocycles. The third-order valence-electron chi connectivity index (χ3n) is 7.33. The number of benzene rings is 1. The van der Waals surface area contributed by atoms with Crippen molar-refractivity contribution >= 4 is 0 Å². The number of rotatable bonds is 4. The predicted molar refractivity (Wildman–Crippen MR) is 115 cm³/mol. The Kier molecular flexibility index (Phi) is 6.08. The van der Waals surface area contributed by atoms with Crippen molar-refractivity contribution in [3.8, 4) is 0 Å². The van der Waals surface area contributed by atoms with Crippen molar-refractivity contribution in [2.75, 3.05) is 13.1 Å². The van der Waals surface area contributed by atoms with Crippen LogP contribution in [0.2, 0.25) is 0 Å². The Labute approximate surface area is 167 Å². The Morgan fingerprint density at radius 2 is 1.85 bits per heavy atom. The van der Waals surface area contributed by atoms with Gasteiger partial charge in [-0.15, -0.1) is 0 Å². The van der Waals surface area contributed by atoms with Crippen LogP contribution in [0.4, 0.5) is 0 Å². The molecule has 3 rings (SSSR count). The number of piperidine rings is 2. The van der Waals surface area contributed by atoms with Crippen molar-refractivity contribution in [3.63, 3.8) is 0 Å². The molecule has 0 saturated carbocycles. The summed E-state index contributed by atoms with van der Waals surface area (Å²) in [5, 5.41) is 9.82. The van der Waals surface area contributed by atoms with E-state index in [0.29, 0.717) is 17.3 Å². The van der Waals surface area contributed by atoms with Crippen molar-refractivity contribution in [3.05, 3.63) is 35.4 Å². The number of hydrogen-bond donors (Lipinski definition) is 1. The fraction of sp³-hybridized carbons (Fsp3) is 0.760. The fourth-order valence-electron chi connectivity index (χ4n) is 5.64. The van der Waals surface area contributed by atoms with E-state index in [0.717, 1.165) is 12.5 Å². The van der Waals surface area contributed by atoms with Gasteiger partial charge in [0.15, 0.2) is 0 Å². The first-order valence-electron chi connectivity index (χ1n) is 11.1. The number of fused-ring (bicyclic) bond motifs is 1. The minimum atomic E-state index is -0.158. The maximum atomic E-state index is 9.82. The van der Waals surface area contributed by atoms with Crippen LogP contribution in [0.25, 0.3) is 0 Å². The summed E-state index contributed by atoms with van der Waals surface area (Å²) in [6.07, 6.45) is 5.89. The molecule has 1 aromatic rings. The summed E-state index contributed by atoms with van der Waals surface area (Å²) in [5.41, 5.74) is 3.53. The highest BCUT2D eigenvalue weighted by Crippen LogP contribution is 2.43. The maximum absolute atomic E-state index is 9.82. The van der Waals surface area contributed by atoms with E-state index < -0.39 is 0 Å². The number of aliphatic hydroxyl groups is 1. The smallest absolute Gasteiger partial charge is 0.0514 e. The van der Waals surface area contributed by atoms with Gasteiger partial charge < -0.3 is 5.11 Å². The average molecular weight is 372 g/mol. The van der Waals surface area contributed by atoms with Crippen molar-refractivity contribution in [2.24, 2.45) is 17.3 Å². The van der Waals surface area contributed by atoms with Gasteiger partial charge in [-0.25, -0.2) is 0 Å².